The minimum Gasteiger partial charge on any atom is -0.496 e. The van der Waals surface area contributed by atoms with E-state index in [1.165, 1.54) is 35.5 Å². The number of benzene rings is 2. The van der Waals surface area contributed by atoms with Crippen LogP contribution in [0.4, 0.5) is 0 Å². The minimum absolute atomic E-state index is 0.0607. The van der Waals surface area contributed by atoms with E-state index in [0.29, 0.717) is 22.8 Å². The molecule has 0 heterocycles. The van der Waals surface area contributed by atoms with Crippen LogP contribution in [0.25, 0.3) is 0 Å². The molecule has 0 aliphatic carbocycles. The topological polar surface area (TPSA) is 92.7 Å². The van der Waals surface area contributed by atoms with Crippen molar-refractivity contribution in [2.45, 2.75) is 12.5 Å². The van der Waals surface area contributed by atoms with E-state index >= 15 is 0 Å². The monoisotopic (exact) mass is 406 g/mol. The SMILES string of the molecule is COCOc1cc(OC)cc(OC)c1C(=O)C[C@H](O)c1ccc(OC)c(OC)c1. The summed E-state index contributed by atoms with van der Waals surface area (Å²) in [6, 6.07) is 8.12. The Kier molecular flexibility index (Phi) is 8.11. The molecule has 29 heavy (non-hydrogen) atoms. The van der Waals surface area contributed by atoms with Crippen LogP contribution in [0.15, 0.2) is 30.3 Å². The fourth-order valence-electron chi connectivity index (χ4n) is 2.81. The van der Waals surface area contributed by atoms with Crippen molar-refractivity contribution in [1.29, 1.82) is 0 Å². The quantitative estimate of drug-likeness (QED) is 0.450. The van der Waals surface area contributed by atoms with Gasteiger partial charge in [0.05, 0.1) is 34.5 Å². The predicted molar refractivity (Wildman–Crippen MR) is 106 cm³/mol. The molecule has 0 aliphatic heterocycles. The molecule has 0 radical (unpaired) electrons. The molecular formula is C21H26O8. The van der Waals surface area contributed by atoms with E-state index in [2.05, 4.69) is 0 Å². The van der Waals surface area contributed by atoms with Gasteiger partial charge in [0.2, 0.25) is 0 Å². The maximum atomic E-state index is 13.0. The first-order valence-electron chi connectivity index (χ1n) is 8.79. The third-order valence-corrected chi connectivity index (χ3v) is 4.28. The Balaban J connectivity index is 2.33. The lowest BCUT2D eigenvalue weighted by molar-refractivity contribution is 0.0496. The molecule has 0 amide bonds. The Morgan fingerprint density at radius 3 is 2.10 bits per heavy atom. The molecule has 2 aromatic rings. The van der Waals surface area contributed by atoms with Gasteiger partial charge in [-0.05, 0) is 17.7 Å². The molecule has 0 saturated carbocycles. The zero-order valence-corrected chi connectivity index (χ0v) is 17.2. The smallest absolute Gasteiger partial charge is 0.188 e. The normalized spacial score (nSPS) is 11.5. The first kappa shape index (κ1) is 22.3. The van der Waals surface area contributed by atoms with Gasteiger partial charge in [0.15, 0.2) is 24.1 Å². The maximum Gasteiger partial charge on any atom is 0.188 e. The van der Waals surface area contributed by atoms with Crippen molar-refractivity contribution >= 4 is 5.78 Å². The summed E-state index contributed by atoms with van der Waals surface area (Å²) in [5, 5.41) is 10.6. The molecule has 2 rings (SSSR count). The molecule has 0 aromatic heterocycles. The third-order valence-electron chi connectivity index (χ3n) is 4.28. The molecule has 158 valence electrons. The van der Waals surface area contributed by atoms with Crippen molar-refractivity contribution in [2.24, 2.45) is 0 Å². The highest BCUT2D eigenvalue weighted by atomic mass is 16.7. The van der Waals surface area contributed by atoms with Crippen molar-refractivity contribution in [1.82, 2.24) is 0 Å². The highest BCUT2D eigenvalue weighted by molar-refractivity contribution is 6.02. The van der Waals surface area contributed by atoms with Crippen LogP contribution in [0, 0.1) is 0 Å². The Morgan fingerprint density at radius 1 is 0.862 bits per heavy atom. The van der Waals surface area contributed by atoms with Gasteiger partial charge in [-0.1, -0.05) is 6.07 Å². The molecule has 8 nitrogen and oxygen atoms in total. The fourth-order valence-corrected chi connectivity index (χ4v) is 2.81. The van der Waals surface area contributed by atoms with Gasteiger partial charge >= 0.3 is 0 Å². The molecular weight excluding hydrogens is 380 g/mol. The molecule has 0 fully saturated rings. The van der Waals surface area contributed by atoms with Crippen LogP contribution in [-0.4, -0.2) is 53.2 Å². The van der Waals surface area contributed by atoms with E-state index in [0.717, 1.165) is 0 Å². The lowest BCUT2D eigenvalue weighted by atomic mass is 9.98. The first-order valence-corrected chi connectivity index (χ1v) is 8.79. The number of carbonyl (C=O) groups excluding carboxylic acids is 1. The molecule has 8 heteroatoms. The number of aliphatic hydroxyl groups excluding tert-OH is 1. The van der Waals surface area contributed by atoms with Crippen LogP contribution in [0.2, 0.25) is 0 Å². The van der Waals surface area contributed by atoms with E-state index < -0.39 is 6.10 Å². The summed E-state index contributed by atoms with van der Waals surface area (Å²) in [7, 11) is 7.43. The molecule has 0 aliphatic rings. The van der Waals surface area contributed by atoms with Crippen molar-refractivity contribution in [3.05, 3.63) is 41.5 Å². The largest absolute Gasteiger partial charge is 0.496 e. The summed E-state index contributed by atoms with van der Waals surface area (Å²) in [4.78, 5) is 13.0. The first-order chi connectivity index (χ1) is 14.0. The summed E-state index contributed by atoms with van der Waals surface area (Å²) in [5.41, 5.74) is 0.715. The lowest BCUT2D eigenvalue weighted by Gasteiger charge is -2.17. The van der Waals surface area contributed by atoms with E-state index in [1.807, 2.05) is 0 Å². The van der Waals surface area contributed by atoms with Crippen molar-refractivity contribution in [2.75, 3.05) is 42.3 Å². The highest BCUT2D eigenvalue weighted by Gasteiger charge is 2.24. The van der Waals surface area contributed by atoms with Crippen molar-refractivity contribution in [3.8, 4) is 28.7 Å². The van der Waals surface area contributed by atoms with Gasteiger partial charge in [0.1, 0.15) is 22.8 Å². The Hall–Kier alpha value is -2.97. The maximum absolute atomic E-state index is 13.0. The van der Waals surface area contributed by atoms with Gasteiger partial charge in [-0.15, -0.1) is 0 Å². The highest BCUT2D eigenvalue weighted by Crippen LogP contribution is 2.37. The van der Waals surface area contributed by atoms with Gasteiger partial charge in [0.25, 0.3) is 0 Å². The van der Waals surface area contributed by atoms with Crippen LogP contribution >= 0.6 is 0 Å². The number of aliphatic hydroxyl groups is 1. The van der Waals surface area contributed by atoms with E-state index in [9.17, 15) is 9.90 Å². The Bertz CT molecular complexity index is 834. The zero-order valence-electron chi connectivity index (χ0n) is 17.2. The molecule has 0 saturated heterocycles. The molecule has 2 aromatic carbocycles. The summed E-state index contributed by atoms with van der Waals surface area (Å²) in [6.45, 7) is -0.0607. The molecule has 1 N–H and O–H groups in total. The van der Waals surface area contributed by atoms with Crippen LogP contribution in [-0.2, 0) is 4.74 Å². The zero-order chi connectivity index (χ0) is 21.4. The number of carbonyl (C=O) groups is 1. The second kappa shape index (κ2) is 10.5. The summed E-state index contributed by atoms with van der Waals surface area (Å²) in [5.74, 6) is 1.61. The second-order valence-electron chi connectivity index (χ2n) is 6.01. The Labute approximate surface area is 169 Å². The number of ether oxygens (including phenoxy) is 6. The van der Waals surface area contributed by atoms with E-state index in [4.69, 9.17) is 28.4 Å². The summed E-state index contributed by atoms with van der Waals surface area (Å²) < 4.78 is 31.5. The van der Waals surface area contributed by atoms with Crippen LogP contribution in [0.1, 0.15) is 28.4 Å². The number of methoxy groups -OCH3 is 5. The Morgan fingerprint density at radius 2 is 1.52 bits per heavy atom. The summed E-state index contributed by atoms with van der Waals surface area (Å²) in [6.07, 6.45) is -1.26. The third kappa shape index (κ3) is 5.30. The van der Waals surface area contributed by atoms with E-state index in [1.54, 1.807) is 30.3 Å². The molecule has 0 unspecified atom stereocenters. The van der Waals surface area contributed by atoms with Crippen molar-refractivity contribution in [3.63, 3.8) is 0 Å². The van der Waals surface area contributed by atoms with Gasteiger partial charge in [-0.2, -0.15) is 0 Å². The number of rotatable bonds is 11. The standard InChI is InChI=1S/C21H26O8/c1-24-12-29-20-10-14(25-2)9-19(28-5)21(20)16(23)11-15(22)13-6-7-17(26-3)18(8-13)27-4/h6-10,15,22H,11-12H2,1-5H3/t15-/m0/s1. The van der Waals surface area contributed by atoms with Gasteiger partial charge < -0.3 is 33.5 Å². The number of hydrogen-bond acceptors (Lipinski definition) is 8. The van der Waals surface area contributed by atoms with Crippen LogP contribution < -0.4 is 23.7 Å². The average Bonchev–Trinajstić information content (AvgIpc) is 2.75. The fraction of sp³-hybridized carbons (Fsp3) is 0.381. The molecule has 0 spiro atoms. The average molecular weight is 406 g/mol. The molecule has 1 atom stereocenters. The number of Topliss-reactive ketones (excluding diaryl/α,β-unsaturated/α-hetero) is 1. The number of hydrogen-bond donors (Lipinski definition) is 1. The second-order valence-corrected chi connectivity index (χ2v) is 6.01. The van der Waals surface area contributed by atoms with Crippen molar-refractivity contribution < 1.29 is 38.3 Å². The number of ketones is 1. The minimum atomic E-state index is -1.07. The predicted octanol–water partition coefficient (Wildman–Crippen LogP) is 3.01. The van der Waals surface area contributed by atoms with Crippen LogP contribution in [0.5, 0.6) is 28.7 Å². The molecule has 0 bridgehead atoms. The van der Waals surface area contributed by atoms with Gasteiger partial charge in [-0.3, -0.25) is 4.79 Å². The van der Waals surface area contributed by atoms with E-state index in [-0.39, 0.29) is 36.1 Å². The summed E-state index contributed by atoms with van der Waals surface area (Å²) >= 11 is 0. The van der Waals surface area contributed by atoms with Gasteiger partial charge in [0, 0.05) is 25.7 Å². The lowest BCUT2D eigenvalue weighted by Crippen LogP contribution is -2.12. The van der Waals surface area contributed by atoms with Crippen LogP contribution in [0.3, 0.4) is 0 Å². The van der Waals surface area contributed by atoms with Gasteiger partial charge in [-0.25, -0.2) is 0 Å².